The average molecular weight is 339 g/mol. The van der Waals surface area contributed by atoms with Gasteiger partial charge in [0.25, 0.3) is 0 Å². The molecule has 3 aromatic carbocycles. The first-order valence-electron chi connectivity index (χ1n) is 6.83. The van der Waals surface area contributed by atoms with Crippen LogP contribution in [-0.2, 0) is 6.61 Å². The van der Waals surface area contributed by atoms with Crippen LogP contribution in [0.1, 0.15) is 5.56 Å². The van der Waals surface area contributed by atoms with E-state index in [4.69, 9.17) is 0 Å². The lowest BCUT2D eigenvalue weighted by atomic mass is 9.92. The van der Waals surface area contributed by atoms with E-state index in [9.17, 15) is 5.11 Å². The fourth-order valence-corrected chi connectivity index (χ4v) is 2.89. The standard InChI is InChI=1S/C19H15BrO/c20-16-10-11-18(14-6-2-1-3-7-14)19(12-16)17-9-5-4-8-15(17)13-21/h1-12,21H,13H2. The molecule has 0 atom stereocenters. The van der Waals surface area contributed by atoms with E-state index < -0.39 is 0 Å². The predicted octanol–water partition coefficient (Wildman–Crippen LogP) is 5.28. The van der Waals surface area contributed by atoms with Gasteiger partial charge < -0.3 is 5.11 Å². The Morgan fingerprint density at radius 3 is 2.19 bits per heavy atom. The molecule has 2 heteroatoms. The number of halogens is 1. The maximum atomic E-state index is 9.60. The summed E-state index contributed by atoms with van der Waals surface area (Å²) in [5.74, 6) is 0. The smallest absolute Gasteiger partial charge is 0.0687 e. The second-order valence-electron chi connectivity index (χ2n) is 4.87. The highest BCUT2D eigenvalue weighted by Crippen LogP contribution is 2.35. The minimum absolute atomic E-state index is 0.0386. The van der Waals surface area contributed by atoms with Crippen LogP contribution in [0.25, 0.3) is 22.3 Å². The molecule has 0 aromatic heterocycles. The van der Waals surface area contributed by atoms with Gasteiger partial charge in [0, 0.05) is 4.47 Å². The first kappa shape index (κ1) is 14.1. The molecule has 0 saturated heterocycles. The monoisotopic (exact) mass is 338 g/mol. The third-order valence-corrected chi connectivity index (χ3v) is 4.04. The van der Waals surface area contributed by atoms with Crippen molar-refractivity contribution < 1.29 is 5.11 Å². The van der Waals surface area contributed by atoms with Gasteiger partial charge >= 0.3 is 0 Å². The number of aliphatic hydroxyl groups excluding tert-OH is 1. The van der Waals surface area contributed by atoms with Crippen molar-refractivity contribution in [2.24, 2.45) is 0 Å². The van der Waals surface area contributed by atoms with Crippen LogP contribution in [0.5, 0.6) is 0 Å². The predicted molar refractivity (Wildman–Crippen MR) is 90.9 cm³/mol. The molecule has 0 amide bonds. The highest BCUT2D eigenvalue weighted by Gasteiger charge is 2.11. The maximum absolute atomic E-state index is 9.60. The lowest BCUT2D eigenvalue weighted by molar-refractivity contribution is 0.282. The van der Waals surface area contributed by atoms with Gasteiger partial charge in [-0.05, 0) is 39.9 Å². The van der Waals surface area contributed by atoms with Crippen LogP contribution in [0.3, 0.4) is 0 Å². The van der Waals surface area contributed by atoms with Crippen LogP contribution in [0, 0.1) is 0 Å². The van der Waals surface area contributed by atoms with Gasteiger partial charge in [-0.1, -0.05) is 76.6 Å². The molecule has 0 bridgehead atoms. The van der Waals surface area contributed by atoms with Crippen LogP contribution in [0.2, 0.25) is 0 Å². The highest BCUT2D eigenvalue weighted by molar-refractivity contribution is 9.10. The van der Waals surface area contributed by atoms with Gasteiger partial charge in [-0.3, -0.25) is 0 Å². The van der Waals surface area contributed by atoms with Gasteiger partial charge in [0.05, 0.1) is 6.61 Å². The number of hydrogen-bond donors (Lipinski definition) is 1. The van der Waals surface area contributed by atoms with E-state index in [2.05, 4.69) is 46.3 Å². The Kier molecular flexibility index (Phi) is 4.18. The Bertz CT molecular complexity index is 751. The molecule has 0 aliphatic heterocycles. The maximum Gasteiger partial charge on any atom is 0.0687 e. The van der Waals surface area contributed by atoms with Crippen LogP contribution >= 0.6 is 15.9 Å². The molecule has 1 N–H and O–H groups in total. The molecule has 3 rings (SSSR count). The Morgan fingerprint density at radius 1 is 0.714 bits per heavy atom. The van der Waals surface area contributed by atoms with Gasteiger partial charge in [0.1, 0.15) is 0 Å². The Morgan fingerprint density at radius 2 is 1.43 bits per heavy atom. The molecular weight excluding hydrogens is 324 g/mol. The first-order chi connectivity index (χ1) is 10.3. The van der Waals surface area contributed by atoms with E-state index in [1.165, 1.54) is 11.1 Å². The molecule has 0 unspecified atom stereocenters. The van der Waals surface area contributed by atoms with E-state index in [0.717, 1.165) is 21.2 Å². The summed E-state index contributed by atoms with van der Waals surface area (Å²) in [5, 5.41) is 9.60. The zero-order chi connectivity index (χ0) is 14.7. The summed E-state index contributed by atoms with van der Waals surface area (Å²) < 4.78 is 1.03. The highest BCUT2D eigenvalue weighted by atomic mass is 79.9. The SMILES string of the molecule is OCc1ccccc1-c1cc(Br)ccc1-c1ccccc1. The van der Waals surface area contributed by atoms with Crippen molar-refractivity contribution >= 4 is 15.9 Å². The van der Waals surface area contributed by atoms with Crippen molar-refractivity contribution in [2.45, 2.75) is 6.61 Å². The van der Waals surface area contributed by atoms with E-state index in [1.807, 2.05) is 42.5 Å². The summed E-state index contributed by atoms with van der Waals surface area (Å²) in [6, 6.07) is 24.6. The first-order valence-corrected chi connectivity index (χ1v) is 7.63. The van der Waals surface area contributed by atoms with Crippen molar-refractivity contribution in [1.29, 1.82) is 0 Å². The lowest BCUT2D eigenvalue weighted by Gasteiger charge is -2.14. The van der Waals surface area contributed by atoms with E-state index in [-0.39, 0.29) is 6.61 Å². The topological polar surface area (TPSA) is 20.2 Å². The quantitative estimate of drug-likeness (QED) is 0.689. The van der Waals surface area contributed by atoms with E-state index >= 15 is 0 Å². The Balaban J connectivity index is 2.25. The van der Waals surface area contributed by atoms with Gasteiger partial charge in [0.2, 0.25) is 0 Å². The van der Waals surface area contributed by atoms with Gasteiger partial charge in [-0.2, -0.15) is 0 Å². The largest absolute Gasteiger partial charge is 0.392 e. The zero-order valence-electron chi connectivity index (χ0n) is 11.5. The van der Waals surface area contributed by atoms with Crippen molar-refractivity contribution in [1.82, 2.24) is 0 Å². The number of benzene rings is 3. The fraction of sp³-hybridized carbons (Fsp3) is 0.0526. The molecule has 3 aromatic rings. The normalized spacial score (nSPS) is 10.6. The number of aliphatic hydroxyl groups is 1. The molecule has 0 radical (unpaired) electrons. The van der Waals surface area contributed by atoms with Crippen molar-refractivity contribution in [3.8, 4) is 22.3 Å². The molecule has 0 saturated carbocycles. The van der Waals surface area contributed by atoms with Gasteiger partial charge in [-0.25, -0.2) is 0 Å². The average Bonchev–Trinajstić information content (AvgIpc) is 2.55. The second-order valence-corrected chi connectivity index (χ2v) is 5.79. The third-order valence-electron chi connectivity index (χ3n) is 3.54. The van der Waals surface area contributed by atoms with Crippen molar-refractivity contribution in [2.75, 3.05) is 0 Å². The zero-order valence-corrected chi connectivity index (χ0v) is 13.0. The minimum Gasteiger partial charge on any atom is -0.392 e. The van der Waals surface area contributed by atoms with E-state index in [0.29, 0.717) is 0 Å². The van der Waals surface area contributed by atoms with Gasteiger partial charge in [-0.15, -0.1) is 0 Å². The van der Waals surface area contributed by atoms with E-state index in [1.54, 1.807) is 0 Å². The molecule has 104 valence electrons. The van der Waals surface area contributed by atoms with Crippen LogP contribution in [0.15, 0.2) is 77.3 Å². The molecule has 0 fully saturated rings. The molecular formula is C19H15BrO. The van der Waals surface area contributed by atoms with Gasteiger partial charge in [0.15, 0.2) is 0 Å². The summed E-state index contributed by atoms with van der Waals surface area (Å²) in [6.07, 6.45) is 0. The van der Waals surface area contributed by atoms with Crippen LogP contribution in [-0.4, -0.2) is 5.11 Å². The third kappa shape index (κ3) is 2.92. The second kappa shape index (κ2) is 6.25. The molecule has 21 heavy (non-hydrogen) atoms. The Labute approximate surface area is 133 Å². The summed E-state index contributed by atoms with van der Waals surface area (Å²) in [6.45, 7) is 0.0386. The summed E-state index contributed by atoms with van der Waals surface area (Å²) >= 11 is 3.55. The molecule has 0 aliphatic rings. The van der Waals surface area contributed by atoms with Crippen molar-refractivity contribution in [3.63, 3.8) is 0 Å². The summed E-state index contributed by atoms with van der Waals surface area (Å²) in [7, 11) is 0. The van der Waals surface area contributed by atoms with Crippen molar-refractivity contribution in [3.05, 3.63) is 82.8 Å². The lowest BCUT2D eigenvalue weighted by Crippen LogP contribution is -1.91. The summed E-state index contributed by atoms with van der Waals surface area (Å²) in [4.78, 5) is 0. The molecule has 0 spiro atoms. The summed E-state index contributed by atoms with van der Waals surface area (Å²) in [5.41, 5.74) is 5.47. The number of rotatable bonds is 3. The molecule has 1 nitrogen and oxygen atoms in total. The van der Waals surface area contributed by atoms with Crippen LogP contribution in [0.4, 0.5) is 0 Å². The fourth-order valence-electron chi connectivity index (χ4n) is 2.53. The minimum atomic E-state index is 0.0386. The Hall–Kier alpha value is -1.90. The number of hydrogen-bond acceptors (Lipinski definition) is 1. The van der Waals surface area contributed by atoms with Crippen LogP contribution < -0.4 is 0 Å². The molecule has 0 aliphatic carbocycles. The molecule has 0 heterocycles.